The van der Waals surface area contributed by atoms with Crippen LogP contribution in [0.2, 0.25) is 0 Å². The molecule has 0 saturated carbocycles. The predicted octanol–water partition coefficient (Wildman–Crippen LogP) is 1.98. The van der Waals surface area contributed by atoms with Gasteiger partial charge in [0.15, 0.2) is 16.2 Å². The van der Waals surface area contributed by atoms with Gasteiger partial charge in [-0.3, -0.25) is 0 Å². The number of hydrogen-bond donors (Lipinski definition) is 0. The van der Waals surface area contributed by atoms with E-state index in [2.05, 4.69) is 0 Å². The summed E-state index contributed by atoms with van der Waals surface area (Å²) in [6.07, 6.45) is 1.62. The molecule has 22 heavy (non-hydrogen) atoms. The molecule has 0 spiro atoms. The van der Waals surface area contributed by atoms with Crippen molar-refractivity contribution in [3.63, 3.8) is 0 Å². The fourth-order valence-corrected chi connectivity index (χ4v) is 4.16. The lowest BCUT2D eigenvalue weighted by Crippen LogP contribution is -2.31. The third-order valence-electron chi connectivity index (χ3n) is 3.67. The largest absolute Gasteiger partial charge is 0.490 e. The zero-order valence-electron chi connectivity index (χ0n) is 12.2. The zero-order valence-corrected chi connectivity index (χ0v) is 13.1. The van der Waals surface area contributed by atoms with Crippen LogP contribution in [-0.2, 0) is 10.0 Å². The van der Waals surface area contributed by atoms with Crippen LogP contribution in [0.25, 0.3) is 11.0 Å². The molecule has 0 unspecified atom stereocenters. The summed E-state index contributed by atoms with van der Waals surface area (Å²) in [4.78, 5) is 11.9. The van der Waals surface area contributed by atoms with Gasteiger partial charge >= 0.3 is 5.63 Å². The number of nitrogens with zero attached hydrogens (tertiary/aromatic N) is 1. The van der Waals surface area contributed by atoms with Crippen LogP contribution in [0.15, 0.2) is 38.4 Å². The van der Waals surface area contributed by atoms with Crippen molar-refractivity contribution >= 4 is 21.0 Å². The van der Waals surface area contributed by atoms with Crippen LogP contribution >= 0.6 is 0 Å². The summed E-state index contributed by atoms with van der Waals surface area (Å²) < 4.78 is 37.1. The molecule has 1 aliphatic heterocycles. The van der Waals surface area contributed by atoms with Gasteiger partial charge in [0.1, 0.15) is 0 Å². The Kier molecular flexibility index (Phi) is 3.92. The first-order valence-corrected chi connectivity index (χ1v) is 8.68. The molecular weight excluding hydrogens is 306 g/mol. The van der Waals surface area contributed by atoms with Gasteiger partial charge in [0, 0.05) is 18.5 Å². The van der Waals surface area contributed by atoms with Crippen LogP contribution in [0.1, 0.15) is 19.8 Å². The molecule has 1 aromatic heterocycles. The van der Waals surface area contributed by atoms with Crippen molar-refractivity contribution in [2.75, 3.05) is 19.7 Å². The van der Waals surface area contributed by atoms with Crippen molar-refractivity contribution in [2.24, 2.45) is 0 Å². The van der Waals surface area contributed by atoms with Crippen LogP contribution in [0, 0.1) is 0 Å². The van der Waals surface area contributed by atoms with Crippen molar-refractivity contribution in [1.29, 1.82) is 0 Å². The van der Waals surface area contributed by atoms with Gasteiger partial charge in [0.25, 0.3) is 0 Å². The van der Waals surface area contributed by atoms with Gasteiger partial charge in [-0.2, -0.15) is 4.31 Å². The minimum Gasteiger partial charge on any atom is -0.490 e. The third-order valence-corrected chi connectivity index (χ3v) is 5.56. The smallest absolute Gasteiger partial charge is 0.356 e. The quantitative estimate of drug-likeness (QED) is 0.804. The van der Waals surface area contributed by atoms with Gasteiger partial charge in [0.2, 0.25) is 10.0 Å². The van der Waals surface area contributed by atoms with E-state index in [1.807, 2.05) is 6.92 Å². The Morgan fingerprint density at radius 3 is 2.68 bits per heavy atom. The molecule has 7 heteroatoms. The summed E-state index contributed by atoms with van der Waals surface area (Å²) in [5.41, 5.74) is -0.582. The lowest BCUT2D eigenvalue weighted by atomic mass is 10.2. The zero-order chi connectivity index (χ0) is 15.7. The number of rotatable bonds is 4. The minimum atomic E-state index is -3.80. The first kappa shape index (κ1) is 15.1. The monoisotopic (exact) mass is 323 g/mol. The molecular formula is C15H17NO5S. The van der Waals surface area contributed by atoms with Gasteiger partial charge in [-0.25, -0.2) is 13.2 Å². The first-order valence-electron chi connectivity index (χ1n) is 7.24. The highest BCUT2D eigenvalue weighted by molar-refractivity contribution is 7.89. The number of hydrogen-bond acceptors (Lipinski definition) is 5. The van der Waals surface area contributed by atoms with E-state index in [1.165, 1.54) is 10.4 Å². The summed E-state index contributed by atoms with van der Waals surface area (Å²) >= 11 is 0. The van der Waals surface area contributed by atoms with Crippen molar-refractivity contribution in [3.05, 3.63) is 34.7 Å². The van der Waals surface area contributed by atoms with E-state index >= 15 is 0 Å². The number of ether oxygens (including phenoxy) is 1. The maximum atomic E-state index is 12.5. The van der Waals surface area contributed by atoms with Crippen molar-refractivity contribution < 1.29 is 17.6 Å². The Labute approximate surface area is 128 Å². The van der Waals surface area contributed by atoms with Crippen molar-refractivity contribution in [1.82, 2.24) is 4.31 Å². The average molecular weight is 323 g/mol. The van der Waals surface area contributed by atoms with Crippen LogP contribution in [0.3, 0.4) is 0 Å². The summed E-state index contributed by atoms with van der Waals surface area (Å²) in [7, 11) is -3.80. The highest BCUT2D eigenvalue weighted by Gasteiger charge is 2.30. The summed E-state index contributed by atoms with van der Waals surface area (Å²) in [5.74, 6) is 0.433. The van der Waals surface area contributed by atoms with Crippen molar-refractivity contribution in [3.8, 4) is 5.75 Å². The summed E-state index contributed by atoms with van der Waals surface area (Å²) in [6, 6.07) is 6.49. The van der Waals surface area contributed by atoms with Gasteiger partial charge < -0.3 is 9.15 Å². The molecule has 1 fully saturated rings. The van der Waals surface area contributed by atoms with Gasteiger partial charge in [0.05, 0.1) is 6.61 Å². The standard InChI is InChI=1S/C15H17NO5S/c1-2-20-12-7-5-6-11-10-13(15(17)21-14(11)12)22(18,19)16-8-3-4-9-16/h5-7,10H,2-4,8-9H2,1H3. The Morgan fingerprint density at radius 2 is 2.00 bits per heavy atom. The molecule has 1 saturated heterocycles. The van der Waals surface area contributed by atoms with Gasteiger partial charge in [-0.05, 0) is 31.9 Å². The second-order valence-corrected chi connectivity index (χ2v) is 7.02. The first-order chi connectivity index (χ1) is 10.5. The SMILES string of the molecule is CCOc1cccc2cc(S(=O)(=O)N3CCCC3)c(=O)oc12. The highest BCUT2D eigenvalue weighted by Crippen LogP contribution is 2.27. The fourth-order valence-electron chi connectivity index (χ4n) is 2.62. The Balaban J connectivity index is 2.16. The molecule has 1 aliphatic rings. The molecule has 2 heterocycles. The normalized spacial score (nSPS) is 16.2. The minimum absolute atomic E-state index is 0.273. The molecule has 0 N–H and O–H groups in total. The third kappa shape index (κ3) is 2.50. The van der Waals surface area contributed by atoms with Crippen LogP contribution in [0.5, 0.6) is 5.75 Å². The van der Waals surface area contributed by atoms with E-state index in [0.717, 1.165) is 12.8 Å². The topological polar surface area (TPSA) is 76.8 Å². The molecule has 3 rings (SSSR count). The van der Waals surface area contributed by atoms with E-state index in [0.29, 0.717) is 30.8 Å². The molecule has 0 amide bonds. The molecule has 2 aromatic rings. The Hall–Kier alpha value is -1.86. The predicted molar refractivity (Wildman–Crippen MR) is 81.6 cm³/mol. The fraction of sp³-hybridized carbons (Fsp3) is 0.400. The molecule has 1 aromatic carbocycles. The Morgan fingerprint density at radius 1 is 1.27 bits per heavy atom. The maximum absolute atomic E-state index is 12.5. The number of fused-ring (bicyclic) bond motifs is 1. The summed E-state index contributed by atoms with van der Waals surface area (Å²) in [6.45, 7) is 3.14. The lowest BCUT2D eigenvalue weighted by Gasteiger charge is -2.15. The van der Waals surface area contributed by atoms with Crippen LogP contribution < -0.4 is 10.4 Å². The summed E-state index contributed by atoms with van der Waals surface area (Å²) in [5, 5.41) is 0.531. The highest BCUT2D eigenvalue weighted by atomic mass is 32.2. The van der Waals surface area contributed by atoms with Gasteiger partial charge in [-0.1, -0.05) is 12.1 Å². The van der Waals surface area contributed by atoms with Gasteiger partial charge in [-0.15, -0.1) is 0 Å². The number of sulfonamides is 1. The second kappa shape index (κ2) is 5.73. The Bertz CT molecular complexity index is 850. The molecule has 0 bridgehead atoms. The van der Waals surface area contributed by atoms with E-state index in [-0.39, 0.29) is 10.5 Å². The van der Waals surface area contributed by atoms with E-state index in [4.69, 9.17) is 9.15 Å². The molecule has 0 aliphatic carbocycles. The number of para-hydroxylation sites is 1. The number of benzene rings is 1. The molecule has 0 atom stereocenters. The second-order valence-electron chi connectivity index (χ2n) is 5.12. The molecule has 118 valence electrons. The van der Waals surface area contributed by atoms with E-state index in [1.54, 1.807) is 18.2 Å². The average Bonchev–Trinajstić information content (AvgIpc) is 3.02. The maximum Gasteiger partial charge on any atom is 0.356 e. The molecule has 6 nitrogen and oxygen atoms in total. The molecule has 0 radical (unpaired) electrons. The van der Waals surface area contributed by atoms with E-state index < -0.39 is 15.6 Å². The van der Waals surface area contributed by atoms with Crippen LogP contribution in [-0.4, -0.2) is 32.4 Å². The van der Waals surface area contributed by atoms with E-state index in [9.17, 15) is 13.2 Å². The lowest BCUT2D eigenvalue weighted by molar-refractivity contribution is 0.336. The van der Waals surface area contributed by atoms with Crippen molar-refractivity contribution in [2.45, 2.75) is 24.7 Å². The van der Waals surface area contributed by atoms with Crippen LogP contribution in [0.4, 0.5) is 0 Å².